The molecule has 0 spiro atoms. The van der Waals surface area contributed by atoms with Gasteiger partial charge in [0, 0.05) is 43.5 Å². The number of esters is 1. The summed E-state index contributed by atoms with van der Waals surface area (Å²) in [5, 5.41) is 5.24. The van der Waals surface area contributed by atoms with Gasteiger partial charge < -0.3 is 24.8 Å². The molecule has 0 saturated carbocycles. The van der Waals surface area contributed by atoms with Gasteiger partial charge in [-0.15, -0.1) is 0 Å². The smallest absolute Gasteiger partial charge is 0.306 e. The number of ether oxygens (including phenoxy) is 3. The average Bonchev–Trinajstić information content (AvgIpc) is 3.07. The molecule has 0 aromatic carbocycles. The summed E-state index contributed by atoms with van der Waals surface area (Å²) in [6, 6.07) is 0. The minimum atomic E-state index is -0.833. The van der Waals surface area contributed by atoms with Gasteiger partial charge in [0.15, 0.2) is 11.9 Å². The third-order valence-electron chi connectivity index (χ3n) is 4.61. The molecular weight excluding hydrogens is 400 g/mol. The van der Waals surface area contributed by atoms with Crippen molar-refractivity contribution in [3.05, 3.63) is 0 Å². The highest BCUT2D eigenvalue weighted by molar-refractivity contribution is 8.13. The maximum atomic E-state index is 12.5. The third kappa shape index (κ3) is 7.27. The van der Waals surface area contributed by atoms with Gasteiger partial charge in [0.2, 0.25) is 16.9 Å². The summed E-state index contributed by atoms with van der Waals surface area (Å²) >= 11 is 1.04. The van der Waals surface area contributed by atoms with E-state index in [1.54, 1.807) is 13.8 Å². The zero-order valence-corrected chi connectivity index (χ0v) is 18.2. The molecular formula is C19H30N2O7S. The van der Waals surface area contributed by atoms with Crippen LogP contribution in [0, 0.1) is 5.41 Å². The molecule has 0 aliphatic carbocycles. The first kappa shape index (κ1) is 23.6. The predicted molar refractivity (Wildman–Crippen MR) is 106 cm³/mol. The first-order chi connectivity index (χ1) is 13.5. The van der Waals surface area contributed by atoms with Crippen molar-refractivity contribution >= 4 is 34.7 Å². The van der Waals surface area contributed by atoms with Crippen LogP contribution in [-0.2, 0) is 33.4 Å². The minimum Gasteiger partial charge on any atom is -0.453 e. The lowest BCUT2D eigenvalue weighted by molar-refractivity contribution is -0.304. The Labute approximate surface area is 175 Å². The topological polar surface area (TPSA) is 120 Å². The van der Waals surface area contributed by atoms with Crippen LogP contribution in [0.1, 0.15) is 47.0 Å². The largest absolute Gasteiger partial charge is 0.453 e. The van der Waals surface area contributed by atoms with Crippen molar-refractivity contribution in [2.24, 2.45) is 5.41 Å². The molecule has 2 aliphatic rings. The summed E-state index contributed by atoms with van der Waals surface area (Å²) in [5.41, 5.74) is -0.473. The second kappa shape index (κ2) is 9.90. The number of amides is 2. The maximum Gasteiger partial charge on any atom is 0.306 e. The van der Waals surface area contributed by atoms with Gasteiger partial charge in [-0.3, -0.25) is 19.2 Å². The molecule has 2 rings (SSSR count). The fourth-order valence-corrected chi connectivity index (χ4v) is 3.69. The van der Waals surface area contributed by atoms with Crippen LogP contribution in [-0.4, -0.2) is 66.3 Å². The number of hydrogen-bond acceptors (Lipinski definition) is 8. The molecule has 0 bridgehead atoms. The minimum absolute atomic E-state index is 0.123. The summed E-state index contributed by atoms with van der Waals surface area (Å²) in [7, 11) is 0. The number of carbonyl (C=O) groups is 4. The summed E-state index contributed by atoms with van der Waals surface area (Å²) < 4.78 is 16.3. The van der Waals surface area contributed by atoms with Crippen LogP contribution < -0.4 is 10.6 Å². The molecule has 2 atom stereocenters. The predicted octanol–water partition coefficient (Wildman–Crippen LogP) is 0.752. The molecule has 2 unspecified atom stereocenters. The van der Waals surface area contributed by atoms with Crippen molar-refractivity contribution in [3.63, 3.8) is 0 Å². The van der Waals surface area contributed by atoms with E-state index in [2.05, 4.69) is 10.6 Å². The molecule has 2 amide bonds. The van der Waals surface area contributed by atoms with E-state index in [9.17, 15) is 19.2 Å². The van der Waals surface area contributed by atoms with Crippen molar-refractivity contribution in [3.8, 4) is 0 Å². The first-order valence-electron chi connectivity index (χ1n) is 9.72. The Kier molecular flexibility index (Phi) is 8.07. The lowest BCUT2D eigenvalue weighted by Crippen LogP contribution is -2.56. The molecule has 0 radical (unpaired) electrons. The quantitative estimate of drug-likeness (QED) is 0.428. The van der Waals surface area contributed by atoms with Crippen molar-refractivity contribution in [1.29, 1.82) is 0 Å². The van der Waals surface area contributed by atoms with E-state index in [0.29, 0.717) is 25.3 Å². The molecule has 2 N–H and O–H groups in total. The molecule has 0 aromatic heterocycles. The van der Waals surface area contributed by atoms with Crippen LogP contribution in [0.15, 0.2) is 0 Å². The molecule has 2 fully saturated rings. The van der Waals surface area contributed by atoms with E-state index in [-0.39, 0.29) is 42.3 Å². The van der Waals surface area contributed by atoms with Crippen LogP contribution in [0.4, 0.5) is 0 Å². The van der Waals surface area contributed by atoms with Gasteiger partial charge in [-0.1, -0.05) is 25.6 Å². The number of thioether (sulfide) groups is 1. The van der Waals surface area contributed by atoms with Gasteiger partial charge in [0.1, 0.15) is 6.10 Å². The Morgan fingerprint density at radius 2 is 1.86 bits per heavy atom. The van der Waals surface area contributed by atoms with E-state index in [1.807, 2.05) is 13.8 Å². The third-order valence-corrected chi connectivity index (χ3v) is 5.56. The lowest BCUT2D eigenvalue weighted by atomic mass is 9.85. The molecule has 2 saturated heterocycles. The number of nitrogens with one attached hydrogen (secondary N) is 2. The van der Waals surface area contributed by atoms with Crippen LogP contribution in [0.25, 0.3) is 0 Å². The Morgan fingerprint density at radius 3 is 2.52 bits per heavy atom. The van der Waals surface area contributed by atoms with E-state index in [4.69, 9.17) is 14.2 Å². The zero-order chi connectivity index (χ0) is 21.7. The molecule has 10 heteroatoms. The second-order valence-electron chi connectivity index (χ2n) is 8.25. The van der Waals surface area contributed by atoms with Crippen molar-refractivity contribution in [1.82, 2.24) is 10.6 Å². The second-order valence-corrected chi connectivity index (χ2v) is 9.35. The summed E-state index contributed by atoms with van der Waals surface area (Å²) in [6.07, 6.45) is -0.520. The normalized spacial score (nSPS) is 25.2. The van der Waals surface area contributed by atoms with Gasteiger partial charge in [-0.05, 0) is 13.8 Å². The van der Waals surface area contributed by atoms with Gasteiger partial charge in [0.25, 0.3) is 0 Å². The molecule has 0 aromatic rings. The monoisotopic (exact) mass is 430 g/mol. The molecule has 9 nitrogen and oxygen atoms in total. The van der Waals surface area contributed by atoms with Gasteiger partial charge in [0.05, 0.1) is 6.61 Å². The van der Waals surface area contributed by atoms with E-state index < -0.39 is 23.4 Å². The number of rotatable bonds is 8. The zero-order valence-electron chi connectivity index (χ0n) is 17.4. The fourth-order valence-electron chi connectivity index (χ4n) is 2.93. The Balaban J connectivity index is 1.61. The Morgan fingerprint density at radius 1 is 1.14 bits per heavy atom. The van der Waals surface area contributed by atoms with E-state index in [1.165, 1.54) is 0 Å². The van der Waals surface area contributed by atoms with Crippen LogP contribution >= 0.6 is 11.8 Å². The molecule has 2 heterocycles. The molecule has 164 valence electrons. The lowest BCUT2D eigenvalue weighted by Gasteiger charge is -2.44. The SMILES string of the molecule is CC1(C)OCC(C)(C)C(C(=O)NCCC(=O)NCCSC(=O)C2CCC(=O)O2)O1. The highest BCUT2D eigenvalue weighted by atomic mass is 32.2. The van der Waals surface area contributed by atoms with Crippen LogP contribution in [0.3, 0.4) is 0 Å². The Bertz CT molecular complexity index is 650. The highest BCUT2D eigenvalue weighted by Gasteiger charge is 2.45. The number of hydrogen-bond donors (Lipinski definition) is 2. The van der Waals surface area contributed by atoms with Crippen molar-refractivity contribution < 1.29 is 33.4 Å². The van der Waals surface area contributed by atoms with Crippen molar-refractivity contribution in [2.45, 2.75) is 65.0 Å². The van der Waals surface area contributed by atoms with E-state index >= 15 is 0 Å². The standard InChI is InChI=1S/C19H30N2O7S/c1-18(2)11-26-19(3,4)28-15(18)16(24)21-8-7-13(22)20-9-10-29-17(25)12-5-6-14(23)27-12/h12,15H,5-11H2,1-4H3,(H,20,22)(H,21,24). The highest BCUT2D eigenvalue weighted by Crippen LogP contribution is 2.34. The summed E-state index contributed by atoms with van der Waals surface area (Å²) in [4.78, 5) is 47.2. The van der Waals surface area contributed by atoms with Gasteiger partial charge in [-0.2, -0.15) is 0 Å². The average molecular weight is 431 g/mol. The number of cyclic esters (lactones) is 1. The molecule has 2 aliphatic heterocycles. The fraction of sp³-hybridized carbons (Fsp3) is 0.789. The molecule has 29 heavy (non-hydrogen) atoms. The Hall–Kier alpha value is -1.65. The van der Waals surface area contributed by atoms with Gasteiger partial charge >= 0.3 is 5.97 Å². The summed E-state index contributed by atoms with van der Waals surface area (Å²) in [5.74, 6) is -1.28. The maximum absolute atomic E-state index is 12.5. The number of carbonyl (C=O) groups excluding carboxylic acids is 4. The van der Waals surface area contributed by atoms with E-state index in [0.717, 1.165) is 11.8 Å². The first-order valence-corrected chi connectivity index (χ1v) is 10.7. The van der Waals surface area contributed by atoms with Crippen LogP contribution in [0.2, 0.25) is 0 Å². The van der Waals surface area contributed by atoms with Crippen molar-refractivity contribution in [2.75, 3.05) is 25.4 Å². The van der Waals surface area contributed by atoms with Gasteiger partial charge in [-0.25, -0.2) is 0 Å². The summed E-state index contributed by atoms with van der Waals surface area (Å²) in [6.45, 7) is 8.20. The van der Waals surface area contributed by atoms with Crippen LogP contribution in [0.5, 0.6) is 0 Å².